The molecule has 5 heteroatoms. The van der Waals surface area contributed by atoms with Gasteiger partial charge in [0.2, 0.25) is 0 Å². The highest BCUT2D eigenvalue weighted by Gasteiger charge is 2.51. The van der Waals surface area contributed by atoms with Crippen molar-refractivity contribution >= 4 is 9.84 Å². The molecule has 3 rings (SSSR count). The van der Waals surface area contributed by atoms with Gasteiger partial charge in [0.1, 0.15) is 5.76 Å². The minimum absolute atomic E-state index is 0.318. The Bertz CT molecular complexity index is 614. The van der Waals surface area contributed by atoms with Crippen molar-refractivity contribution in [2.75, 3.05) is 0 Å². The number of fused-ring (bicyclic) bond motifs is 2. The molecule has 20 heavy (non-hydrogen) atoms. The SMILES string of the molecule is C=CS(=O)(=O)[C@H]1CC2(CCCc3ccco3)C=CC1O2. The molecule has 4 nitrogen and oxygen atoms in total. The molecule has 108 valence electrons. The lowest BCUT2D eigenvalue weighted by Gasteiger charge is -2.22. The molecule has 0 saturated carbocycles. The van der Waals surface area contributed by atoms with E-state index in [9.17, 15) is 8.42 Å². The van der Waals surface area contributed by atoms with Crippen LogP contribution in [0, 0.1) is 0 Å². The lowest BCUT2D eigenvalue weighted by molar-refractivity contribution is 0.0248. The van der Waals surface area contributed by atoms with Crippen LogP contribution >= 0.6 is 0 Å². The molecule has 0 N–H and O–H groups in total. The smallest absolute Gasteiger partial charge is 0.176 e. The summed E-state index contributed by atoms with van der Waals surface area (Å²) in [5.41, 5.74) is -0.419. The molecule has 2 aliphatic rings. The summed E-state index contributed by atoms with van der Waals surface area (Å²) in [4.78, 5) is 0. The molecule has 0 amide bonds. The highest BCUT2D eigenvalue weighted by molar-refractivity contribution is 7.94. The van der Waals surface area contributed by atoms with Crippen molar-refractivity contribution in [2.45, 2.75) is 42.6 Å². The van der Waals surface area contributed by atoms with Gasteiger partial charge in [-0.3, -0.25) is 0 Å². The quantitative estimate of drug-likeness (QED) is 0.757. The van der Waals surface area contributed by atoms with Gasteiger partial charge in [0.05, 0.1) is 23.2 Å². The molecule has 1 aromatic rings. The van der Waals surface area contributed by atoms with Crippen molar-refractivity contribution in [3.63, 3.8) is 0 Å². The van der Waals surface area contributed by atoms with E-state index in [0.29, 0.717) is 6.42 Å². The Labute approximate surface area is 119 Å². The van der Waals surface area contributed by atoms with Crippen molar-refractivity contribution in [1.82, 2.24) is 0 Å². The normalized spacial score (nSPS) is 31.8. The van der Waals surface area contributed by atoms with Gasteiger partial charge in [0.25, 0.3) is 0 Å². The fourth-order valence-electron chi connectivity index (χ4n) is 3.08. The zero-order valence-electron chi connectivity index (χ0n) is 11.2. The second-order valence-electron chi connectivity index (χ2n) is 5.44. The van der Waals surface area contributed by atoms with Crippen molar-refractivity contribution in [3.8, 4) is 0 Å². The topological polar surface area (TPSA) is 56.5 Å². The second-order valence-corrected chi connectivity index (χ2v) is 7.55. The molecule has 1 saturated heterocycles. The summed E-state index contributed by atoms with van der Waals surface area (Å²) in [6, 6.07) is 3.82. The van der Waals surface area contributed by atoms with Crippen molar-refractivity contribution < 1.29 is 17.6 Å². The number of hydrogen-bond donors (Lipinski definition) is 0. The minimum Gasteiger partial charge on any atom is -0.469 e. The summed E-state index contributed by atoms with van der Waals surface area (Å²) in [6.07, 6.45) is 8.34. The number of aryl methyl sites for hydroxylation is 1. The Kier molecular flexibility index (Phi) is 3.34. The number of furan rings is 1. The second kappa shape index (κ2) is 4.90. The highest BCUT2D eigenvalue weighted by Crippen LogP contribution is 2.44. The van der Waals surface area contributed by atoms with Crippen molar-refractivity contribution in [3.05, 3.63) is 48.3 Å². The first-order chi connectivity index (χ1) is 9.55. The van der Waals surface area contributed by atoms with Crippen LogP contribution in [0.4, 0.5) is 0 Å². The molecule has 3 heterocycles. The molecule has 0 aromatic carbocycles. The van der Waals surface area contributed by atoms with Gasteiger partial charge in [-0.2, -0.15) is 0 Å². The van der Waals surface area contributed by atoms with Crippen molar-refractivity contribution in [1.29, 1.82) is 0 Å². The predicted octanol–water partition coefficient (Wildman–Crippen LogP) is 2.63. The Balaban J connectivity index is 1.63. The predicted molar refractivity (Wildman–Crippen MR) is 75.9 cm³/mol. The molecule has 2 bridgehead atoms. The van der Waals surface area contributed by atoms with Gasteiger partial charge in [-0.1, -0.05) is 18.7 Å². The Morgan fingerprint density at radius 1 is 1.50 bits per heavy atom. The average Bonchev–Trinajstić information content (AvgIpc) is 3.13. The summed E-state index contributed by atoms with van der Waals surface area (Å²) in [5.74, 6) is 0.952. The molecule has 0 radical (unpaired) electrons. The molecule has 2 unspecified atom stereocenters. The fraction of sp³-hybridized carbons (Fsp3) is 0.467. The van der Waals surface area contributed by atoms with Crippen LogP contribution in [-0.4, -0.2) is 25.4 Å². The van der Waals surface area contributed by atoms with Crippen LogP contribution < -0.4 is 0 Å². The maximum Gasteiger partial charge on any atom is 0.176 e. The van der Waals surface area contributed by atoms with Crippen LogP contribution in [0.3, 0.4) is 0 Å². The molecule has 1 aromatic heterocycles. The molecule has 1 fully saturated rings. The van der Waals surface area contributed by atoms with E-state index in [1.165, 1.54) is 0 Å². The zero-order chi connectivity index (χ0) is 14.2. The summed E-state index contributed by atoms with van der Waals surface area (Å²) in [7, 11) is -3.27. The molecule has 0 aliphatic carbocycles. The molecular weight excluding hydrogens is 276 g/mol. The van der Waals surface area contributed by atoms with E-state index < -0.39 is 20.7 Å². The van der Waals surface area contributed by atoms with Crippen molar-refractivity contribution in [2.24, 2.45) is 0 Å². The van der Waals surface area contributed by atoms with Crippen LogP contribution in [0.25, 0.3) is 0 Å². The maximum atomic E-state index is 11.9. The first-order valence-corrected chi connectivity index (χ1v) is 8.42. The maximum absolute atomic E-state index is 11.9. The van der Waals surface area contributed by atoms with E-state index in [2.05, 4.69) is 6.58 Å². The third kappa shape index (κ3) is 2.36. The largest absolute Gasteiger partial charge is 0.469 e. The molecule has 3 atom stereocenters. The van der Waals surface area contributed by atoms with Crippen LogP contribution in [0.2, 0.25) is 0 Å². The van der Waals surface area contributed by atoms with Gasteiger partial charge in [-0.05, 0) is 31.4 Å². The van der Waals surface area contributed by atoms with Gasteiger partial charge in [0.15, 0.2) is 9.84 Å². The third-order valence-electron chi connectivity index (χ3n) is 4.13. The third-order valence-corrected chi connectivity index (χ3v) is 5.87. The molecular formula is C15H18O4S. The summed E-state index contributed by atoms with van der Waals surface area (Å²) < 4.78 is 35.1. The minimum atomic E-state index is -3.27. The number of sulfone groups is 1. The molecule has 0 spiro atoms. The summed E-state index contributed by atoms with van der Waals surface area (Å²) >= 11 is 0. The van der Waals surface area contributed by atoms with E-state index >= 15 is 0 Å². The Hall–Kier alpha value is -1.33. The Morgan fingerprint density at radius 2 is 2.35 bits per heavy atom. The van der Waals surface area contributed by atoms with Gasteiger partial charge in [-0.15, -0.1) is 0 Å². The van der Waals surface area contributed by atoms with Gasteiger partial charge in [0, 0.05) is 11.8 Å². The molecule has 2 aliphatic heterocycles. The van der Waals surface area contributed by atoms with Crippen LogP contribution in [0.15, 0.2) is 47.0 Å². The average molecular weight is 294 g/mol. The fourth-order valence-corrected chi connectivity index (χ4v) is 4.36. The van der Waals surface area contributed by atoms with E-state index in [1.807, 2.05) is 24.3 Å². The number of rotatable bonds is 6. The van der Waals surface area contributed by atoms with E-state index in [4.69, 9.17) is 9.15 Å². The van der Waals surface area contributed by atoms with E-state index in [1.54, 1.807) is 6.26 Å². The summed E-state index contributed by atoms with van der Waals surface area (Å²) in [5, 5.41) is 0.570. The van der Waals surface area contributed by atoms with E-state index in [0.717, 1.165) is 30.4 Å². The van der Waals surface area contributed by atoms with Crippen LogP contribution in [-0.2, 0) is 21.0 Å². The highest BCUT2D eigenvalue weighted by atomic mass is 32.2. The van der Waals surface area contributed by atoms with Gasteiger partial charge >= 0.3 is 0 Å². The zero-order valence-corrected chi connectivity index (χ0v) is 12.0. The number of ether oxygens (including phenoxy) is 1. The van der Waals surface area contributed by atoms with Crippen LogP contribution in [0.1, 0.15) is 25.0 Å². The van der Waals surface area contributed by atoms with Crippen LogP contribution in [0.5, 0.6) is 0 Å². The lowest BCUT2D eigenvalue weighted by atomic mass is 9.89. The standard InChI is InChI=1S/C15H18O4S/c1-2-20(16,17)14-11-15(9-7-13(14)19-15)8-3-5-12-6-4-10-18-12/h2,4,6-7,9-10,13-14H,1,3,5,8,11H2/t13?,14-,15?/m0/s1. The first-order valence-electron chi connectivity index (χ1n) is 6.81. The first kappa shape index (κ1) is 13.6. The lowest BCUT2D eigenvalue weighted by Crippen LogP contribution is -2.30. The Morgan fingerprint density at radius 3 is 3.05 bits per heavy atom. The van der Waals surface area contributed by atoms with E-state index in [-0.39, 0.29) is 6.10 Å². The summed E-state index contributed by atoms with van der Waals surface area (Å²) in [6.45, 7) is 3.40. The van der Waals surface area contributed by atoms with Gasteiger partial charge in [-0.25, -0.2) is 8.42 Å². The number of hydrogen-bond acceptors (Lipinski definition) is 4. The monoisotopic (exact) mass is 294 g/mol. The van der Waals surface area contributed by atoms with Gasteiger partial charge < -0.3 is 9.15 Å².